The minimum atomic E-state index is -1.73. The molecule has 0 saturated carbocycles. The number of carbonyl (C=O) groups excluding carboxylic acids is 2. The Morgan fingerprint density at radius 2 is 1.74 bits per heavy atom. The molecule has 1 saturated heterocycles. The van der Waals surface area contributed by atoms with Crippen LogP contribution in [0.4, 0.5) is 10.5 Å². The van der Waals surface area contributed by atoms with Crippen molar-refractivity contribution in [3.8, 4) is 0 Å². The monoisotopic (exact) mass is 564 g/mol. The van der Waals surface area contributed by atoms with Gasteiger partial charge in [-0.25, -0.2) is 9.59 Å². The Balaban J connectivity index is 1.75. The fraction of sp³-hybridized carbons (Fsp3) is 0.207. The van der Waals surface area contributed by atoms with Crippen LogP contribution in [0.2, 0.25) is 5.02 Å². The number of ketones is 1. The molecule has 2 aromatic carbocycles. The molecule has 3 heterocycles. The van der Waals surface area contributed by atoms with Crippen molar-refractivity contribution in [2.75, 3.05) is 5.32 Å². The van der Waals surface area contributed by atoms with Gasteiger partial charge in [0, 0.05) is 31.9 Å². The number of amides is 2. The molecule has 0 bridgehead atoms. The molecule has 1 aliphatic heterocycles. The third kappa shape index (κ3) is 4.42. The molecule has 0 radical (unpaired) electrons. The summed E-state index contributed by atoms with van der Waals surface area (Å²) < 4.78 is 0. The number of halogens is 1. The number of nitrogens with zero attached hydrogens (tertiary/aromatic N) is 1. The summed E-state index contributed by atoms with van der Waals surface area (Å²) in [4.78, 5) is 44.5. The molecular weight excluding hydrogens is 540 g/mol. The Bertz CT molecular complexity index is 1490. The van der Waals surface area contributed by atoms with Gasteiger partial charge in [-0.2, -0.15) is 0 Å². The van der Waals surface area contributed by atoms with Crippen LogP contribution in [0.25, 0.3) is 0 Å². The van der Waals surface area contributed by atoms with Gasteiger partial charge in [0.05, 0.1) is 12.0 Å². The maximum atomic E-state index is 14.4. The van der Waals surface area contributed by atoms with E-state index in [2.05, 4.69) is 5.32 Å². The Labute approximate surface area is 233 Å². The lowest BCUT2D eigenvalue weighted by atomic mass is 9.75. The van der Waals surface area contributed by atoms with E-state index < -0.39 is 35.4 Å². The van der Waals surface area contributed by atoms with Gasteiger partial charge in [-0.3, -0.25) is 9.69 Å². The molecule has 2 N–H and O–H groups in total. The number of hydrogen-bond donors (Lipinski definition) is 2. The molecular formula is C29H25ClN2O4S2. The summed E-state index contributed by atoms with van der Waals surface area (Å²) in [7, 11) is 0. The fourth-order valence-corrected chi connectivity index (χ4v) is 7.68. The smallest absolute Gasteiger partial charge is 0.330 e. The van der Waals surface area contributed by atoms with Crippen molar-refractivity contribution in [3.63, 3.8) is 0 Å². The van der Waals surface area contributed by atoms with Crippen LogP contribution in [0.15, 0.2) is 83.6 Å². The molecule has 1 fully saturated rings. The molecule has 9 heteroatoms. The molecule has 38 heavy (non-hydrogen) atoms. The zero-order chi connectivity index (χ0) is 27.0. The van der Waals surface area contributed by atoms with Crippen LogP contribution in [0.1, 0.15) is 44.6 Å². The third-order valence-corrected chi connectivity index (χ3v) is 9.47. The maximum Gasteiger partial charge on any atom is 0.330 e. The van der Waals surface area contributed by atoms with Crippen LogP contribution in [0.5, 0.6) is 0 Å². The predicted octanol–water partition coefficient (Wildman–Crippen LogP) is 7.49. The average Bonchev–Trinajstić information content (AvgIpc) is 3.62. The second kappa shape index (κ2) is 10.4. The van der Waals surface area contributed by atoms with Gasteiger partial charge in [0.1, 0.15) is 5.54 Å². The van der Waals surface area contributed by atoms with E-state index >= 15 is 0 Å². The van der Waals surface area contributed by atoms with E-state index in [0.717, 1.165) is 15.3 Å². The van der Waals surface area contributed by atoms with E-state index in [4.69, 9.17) is 11.6 Å². The molecule has 4 unspecified atom stereocenters. The summed E-state index contributed by atoms with van der Waals surface area (Å²) in [6.45, 7) is 3.46. The number of Topliss-reactive ketones (excluding diaryl/α,β-unsaturated/α-hetero) is 1. The van der Waals surface area contributed by atoms with Gasteiger partial charge in [0.25, 0.3) is 0 Å². The highest BCUT2D eigenvalue weighted by molar-refractivity contribution is 7.10. The number of anilines is 1. The lowest BCUT2D eigenvalue weighted by Gasteiger charge is -2.37. The highest BCUT2D eigenvalue weighted by Crippen LogP contribution is 2.58. The average molecular weight is 565 g/mol. The number of para-hydroxylation sites is 1. The lowest BCUT2D eigenvalue weighted by molar-refractivity contribution is -0.148. The lowest BCUT2D eigenvalue weighted by Crippen LogP contribution is -2.55. The van der Waals surface area contributed by atoms with E-state index in [9.17, 15) is 19.5 Å². The van der Waals surface area contributed by atoms with Crippen molar-refractivity contribution in [1.82, 2.24) is 4.90 Å². The molecule has 4 atom stereocenters. The van der Waals surface area contributed by atoms with E-state index in [0.29, 0.717) is 16.3 Å². The van der Waals surface area contributed by atoms with Crippen molar-refractivity contribution in [3.05, 3.63) is 109 Å². The van der Waals surface area contributed by atoms with Crippen molar-refractivity contribution >= 4 is 57.7 Å². The molecule has 0 aliphatic carbocycles. The van der Waals surface area contributed by atoms with Crippen LogP contribution in [-0.4, -0.2) is 33.3 Å². The zero-order valence-corrected chi connectivity index (χ0v) is 23.0. The molecule has 194 valence electrons. The van der Waals surface area contributed by atoms with Crippen LogP contribution < -0.4 is 5.32 Å². The number of likely N-dealkylation sites (tertiary alicyclic amines) is 1. The van der Waals surface area contributed by atoms with E-state index in [1.807, 2.05) is 41.9 Å². The topological polar surface area (TPSA) is 86.7 Å². The molecule has 1 aliphatic rings. The summed E-state index contributed by atoms with van der Waals surface area (Å²) in [5.41, 5.74) is 0.0652. The molecule has 5 rings (SSSR count). The van der Waals surface area contributed by atoms with Crippen LogP contribution in [-0.2, 0) is 4.79 Å². The first-order valence-corrected chi connectivity index (χ1v) is 14.1. The number of rotatable bonds is 6. The number of urea groups is 1. The normalized spacial score (nSPS) is 22.8. The second-order valence-electron chi connectivity index (χ2n) is 9.43. The molecule has 2 amide bonds. The first kappa shape index (κ1) is 26.2. The van der Waals surface area contributed by atoms with Crippen molar-refractivity contribution in [2.45, 2.75) is 31.3 Å². The van der Waals surface area contributed by atoms with Crippen LogP contribution in [0.3, 0.4) is 0 Å². The van der Waals surface area contributed by atoms with Gasteiger partial charge in [-0.05, 0) is 66.6 Å². The van der Waals surface area contributed by atoms with Crippen molar-refractivity contribution in [1.29, 1.82) is 0 Å². The summed E-state index contributed by atoms with van der Waals surface area (Å²) in [6, 6.07) is 19.7. The number of carboxylic acid groups (broad SMARTS) is 1. The third-order valence-electron chi connectivity index (χ3n) is 7.19. The number of benzene rings is 2. The highest BCUT2D eigenvalue weighted by atomic mass is 35.5. The largest absolute Gasteiger partial charge is 0.479 e. The minimum Gasteiger partial charge on any atom is -0.479 e. The number of thiophene rings is 2. The van der Waals surface area contributed by atoms with Crippen LogP contribution >= 0.6 is 34.3 Å². The van der Waals surface area contributed by atoms with Crippen molar-refractivity contribution < 1.29 is 19.5 Å². The SMILES string of the molecule is Cc1ccsc1C1C(C(=O)c2cccc(Cl)c2)C(c2cccs2)C(C)(C(=O)O)N1C(=O)Nc1ccccc1. The first-order chi connectivity index (χ1) is 18.2. The number of nitrogens with one attached hydrogen (secondary N) is 1. The second-order valence-corrected chi connectivity index (χ2v) is 11.8. The standard InChI is InChI=1S/C29H25ClN2O4S2/c1-17-13-15-38-26(17)24-22(25(33)18-8-6-9-19(30)16-18)23(21-12-7-14-37-21)29(2,27(34)35)32(24)28(36)31-20-10-4-3-5-11-20/h3-16,22-24H,1-2H3,(H,31,36)(H,34,35). The van der Waals surface area contributed by atoms with Crippen molar-refractivity contribution in [2.24, 2.45) is 5.92 Å². The maximum absolute atomic E-state index is 14.4. The van der Waals surface area contributed by atoms with Gasteiger partial charge in [-0.1, -0.05) is 48.0 Å². The Hall–Kier alpha value is -3.46. The number of carboxylic acids is 1. The number of hydrogen-bond acceptors (Lipinski definition) is 5. The fourth-order valence-electron chi connectivity index (χ4n) is 5.43. The highest BCUT2D eigenvalue weighted by Gasteiger charge is 2.65. The zero-order valence-electron chi connectivity index (χ0n) is 20.6. The van der Waals surface area contributed by atoms with Gasteiger partial charge >= 0.3 is 12.0 Å². The van der Waals surface area contributed by atoms with Gasteiger partial charge < -0.3 is 10.4 Å². The Morgan fingerprint density at radius 1 is 0.974 bits per heavy atom. The molecule has 4 aromatic rings. The number of carbonyl (C=O) groups is 3. The minimum absolute atomic E-state index is 0.258. The Kier molecular flexibility index (Phi) is 7.13. The van der Waals surface area contributed by atoms with E-state index in [1.54, 1.807) is 55.5 Å². The molecule has 0 spiro atoms. The predicted molar refractivity (Wildman–Crippen MR) is 151 cm³/mol. The van der Waals surface area contributed by atoms with E-state index in [1.165, 1.54) is 27.6 Å². The first-order valence-electron chi connectivity index (χ1n) is 12.0. The summed E-state index contributed by atoms with van der Waals surface area (Å²) >= 11 is 9.05. The van der Waals surface area contributed by atoms with Crippen LogP contribution in [0, 0.1) is 12.8 Å². The van der Waals surface area contributed by atoms with E-state index in [-0.39, 0.29) is 5.78 Å². The van der Waals surface area contributed by atoms with Gasteiger partial charge in [-0.15, -0.1) is 22.7 Å². The number of aliphatic carboxylic acids is 1. The summed E-state index contributed by atoms with van der Waals surface area (Å²) in [6.07, 6.45) is 0. The van der Waals surface area contributed by atoms with Gasteiger partial charge in [0.15, 0.2) is 5.78 Å². The number of aryl methyl sites for hydroxylation is 1. The quantitative estimate of drug-likeness (QED) is 0.238. The summed E-state index contributed by atoms with van der Waals surface area (Å²) in [5, 5.41) is 17.8. The Morgan fingerprint density at radius 3 is 2.34 bits per heavy atom. The summed E-state index contributed by atoms with van der Waals surface area (Å²) in [5.74, 6) is -3.11. The molecule has 6 nitrogen and oxygen atoms in total. The molecule has 2 aromatic heterocycles. The van der Waals surface area contributed by atoms with Gasteiger partial charge in [0.2, 0.25) is 0 Å².